The van der Waals surface area contributed by atoms with E-state index in [1.807, 2.05) is 30.0 Å². The summed E-state index contributed by atoms with van der Waals surface area (Å²) in [6.07, 6.45) is 5.84. The topological polar surface area (TPSA) is 90.5 Å². The molecule has 2 aromatic carbocycles. The van der Waals surface area contributed by atoms with Gasteiger partial charge in [0.2, 0.25) is 5.91 Å². The number of rotatable bonds is 8. The zero-order chi connectivity index (χ0) is 25.8. The maximum Gasteiger partial charge on any atom is 0.222 e. The van der Waals surface area contributed by atoms with Crippen molar-refractivity contribution in [1.29, 1.82) is 0 Å². The van der Waals surface area contributed by atoms with Gasteiger partial charge in [-0.05, 0) is 47.4 Å². The van der Waals surface area contributed by atoms with Crippen molar-refractivity contribution in [3.63, 3.8) is 0 Å². The summed E-state index contributed by atoms with van der Waals surface area (Å²) >= 11 is 0. The maximum atomic E-state index is 12.2. The van der Waals surface area contributed by atoms with Crippen LogP contribution in [-0.2, 0) is 17.8 Å². The minimum atomic E-state index is -0.134. The van der Waals surface area contributed by atoms with Crippen LogP contribution in [0.15, 0.2) is 54.6 Å². The zero-order valence-electron chi connectivity index (χ0n) is 21.3. The van der Waals surface area contributed by atoms with Gasteiger partial charge in [0.05, 0.1) is 5.69 Å². The molecule has 8 heteroatoms. The van der Waals surface area contributed by atoms with Crippen LogP contribution >= 0.6 is 0 Å². The number of benzene rings is 2. The number of ketones is 1. The molecule has 0 radical (unpaired) electrons. The Morgan fingerprint density at radius 3 is 2.51 bits per heavy atom. The van der Waals surface area contributed by atoms with Gasteiger partial charge in [-0.15, -0.1) is 10.2 Å². The van der Waals surface area contributed by atoms with Crippen molar-refractivity contribution in [2.45, 2.75) is 33.2 Å². The van der Waals surface area contributed by atoms with E-state index in [2.05, 4.69) is 68.2 Å². The van der Waals surface area contributed by atoms with Gasteiger partial charge in [0.1, 0.15) is 0 Å². The second-order valence-corrected chi connectivity index (χ2v) is 9.39. The lowest BCUT2D eigenvalue weighted by molar-refractivity contribution is -0.131. The number of nitrogens with one attached hydrogen (secondary N) is 2. The van der Waals surface area contributed by atoms with E-state index < -0.39 is 0 Å². The number of allylic oxidation sites excluding steroid dienone is 1. The number of hydrogen-bond acceptors (Lipinski definition) is 7. The Kier molecular flexibility index (Phi) is 7.16. The molecule has 0 spiro atoms. The third kappa shape index (κ3) is 5.48. The third-order valence-corrected chi connectivity index (χ3v) is 6.95. The molecule has 0 bridgehead atoms. The highest BCUT2D eigenvalue weighted by Crippen LogP contribution is 2.26. The van der Waals surface area contributed by atoms with Gasteiger partial charge < -0.3 is 20.4 Å². The molecule has 37 heavy (non-hydrogen) atoms. The summed E-state index contributed by atoms with van der Waals surface area (Å²) in [6.45, 7) is 7.15. The van der Waals surface area contributed by atoms with E-state index in [0.29, 0.717) is 30.2 Å². The molecule has 1 aliphatic carbocycles. The number of piperazine rings is 1. The lowest BCUT2D eigenvalue weighted by Gasteiger charge is -2.36. The van der Waals surface area contributed by atoms with Crippen molar-refractivity contribution >= 4 is 40.6 Å². The number of Topliss-reactive ketones (excluding diaryl/α,β-unsaturated/α-hetero) is 1. The normalized spacial score (nSPS) is 14.4. The average molecular weight is 497 g/mol. The molecule has 2 aliphatic rings. The molecule has 1 saturated heterocycles. The highest BCUT2D eigenvalue weighted by atomic mass is 16.2. The Bertz CT molecular complexity index is 1330. The quantitative estimate of drug-likeness (QED) is 0.438. The van der Waals surface area contributed by atoms with E-state index in [4.69, 9.17) is 0 Å². The van der Waals surface area contributed by atoms with E-state index >= 15 is 0 Å². The number of amides is 1. The van der Waals surface area contributed by atoms with E-state index in [1.165, 1.54) is 23.6 Å². The summed E-state index contributed by atoms with van der Waals surface area (Å²) in [5.41, 5.74) is 6.73. The molecule has 0 unspecified atom stereocenters. The Hall–Kier alpha value is -4.20. The van der Waals surface area contributed by atoms with E-state index in [9.17, 15) is 9.59 Å². The molecule has 8 nitrogen and oxygen atoms in total. The standard InChI is InChI=1S/C29H32N6O2/c1-3-28(37)35-16-14-34(15-17-35)24-12-10-23(11-13-24)31-27-18-26(29(20(2)36)33-32-27)30-19-22-8-4-6-21-7-5-9-25(21)22/h4-6,8-13,18H,3,7,14-17,19H2,1-2H3,(H2,30,31,32). The Morgan fingerprint density at radius 1 is 1.00 bits per heavy atom. The molecule has 3 aromatic rings. The first-order chi connectivity index (χ1) is 18.0. The van der Waals surface area contributed by atoms with Crippen LogP contribution < -0.4 is 15.5 Å². The molecular weight excluding hydrogens is 464 g/mol. The fourth-order valence-corrected chi connectivity index (χ4v) is 4.90. The van der Waals surface area contributed by atoms with Crippen molar-refractivity contribution in [1.82, 2.24) is 15.1 Å². The molecule has 0 saturated carbocycles. The molecule has 0 atom stereocenters. The number of aromatic nitrogens is 2. The van der Waals surface area contributed by atoms with Gasteiger partial charge in [-0.2, -0.15) is 0 Å². The summed E-state index contributed by atoms with van der Waals surface area (Å²) in [7, 11) is 0. The van der Waals surface area contributed by atoms with Gasteiger partial charge in [-0.1, -0.05) is 37.3 Å². The monoisotopic (exact) mass is 496 g/mol. The van der Waals surface area contributed by atoms with Crippen molar-refractivity contribution in [3.8, 4) is 0 Å². The van der Waals surface area contributed by atoms with Crippen LogP contribution in [-0.4, -0.2) is 53.0 Å². The number of hydrogen-bond donors (Lipinski definition) is 2. The Labute approximate surface area is 217 Å². The second kappa shape index (κ2) is 10.8. The smallest absolute Gasteiger partial charge is 0.222 e. The number of anilines is 4. The lowest BCUT2D eigenvalue weighted by Crippen LogP contribution is -2.48. The minimum absolute atomic E-state index is 0.134. The fraction of sp³-hybridized carbons (Fsp3) is 0.310. The number of carbonyl (C=O) groups is 2. The SMILES string of the molecule is CCC(=O)N1CCN(c2ccc(Nc3cc(NCc4cccc5c4C=CC5)c(C(C)=O)nn3)cc2)CC1. The van der Waals surface area contributed by atoms with Crippen molar-refractivity contribution in [3.05, 3.63) is 77.0 Å². The van der Waals surface area contributed by atoms with Gasteiger partial charge in [0.25, 0.3) is 0 Å². The molecular formula is C29H32N6O2. The summed E-state index contributed by atoms with van der Waals surface area (Å²) in [5, 5.41) is 15.1. The van der Waals surface area contributed by atoms with Crippen LogP contribution in [0, 0.1) is 0 Å². The summed E-state index contributed by atoms with van der Waals surface area (Å²) in [5.74, 6) is 0.643. The predicted molar refractivity (Wildman–Crippen MR) is 147 cm³/mol. The average Bonchev–Trinajstić information content (AvgIpc) is 3.42. The number of fused-ring (bicyclic) bond motifs is 1. The number of nitrogens with zero attached hydrogens (tertiary/aromatic N) is 4. The van der Waals surface area contributed by atoms with Crippen molar-refractivity contribution < 1.29 is 9.59 Å². The fourth-order valence-electron chi connectivity index (χ4n) is 4.90. The number of carbonyl (C=O) groups excluding carboxylic acids is 2. The van der Waals surface area contributed by atoms with Gasteiger partial charge in [-0.25, -0.2) is 0 Å². The zero-order valence-corrected chi connectivity index (χ0v) is 21.3. The van der Waals surface area contributed by atoms with E-state index in [0.717, 1.165) is 44.0 Å². The van der Waals surface area contributed by atoms with Crippen LogP contribution in [0.25, 0.3) is 6.08 Å². The highest BCUT2D eigenvalue weighted by molar-refractivity contribution is 5.97. The van der Waals surface area contributed by atoms with Crippen LogP contribution in [0.3, 0.4) is 0 Å². The first-order valence-corrected chi connectivity index (χ1v) is 12.8. The molecule has 1 amide bonds. The van der Waals surface area contributed by atoms with Gasteiger partial charge in [0, 0.05) is 63.5 Å². The molecule has 1 aromatic heterocycles. The summed E-state index contributed by atoms with van der Waals surface area (Å²) in [4.78, 5) is 28.4. The first kappa shape index (κ1) is 24.5. The van der Waals surface area contributed by atoms with Gasteiger partial charge in [0.15, 0.2) is 17.3 Å². The molecule has 2 N–H and O–H groups in total. The molecule has 5 rings (SSSR count). The first-order valence-electron chi connectivity index (χ1n) is 12.8. The predicted octanol–water partition coefficient (Wildman–Crippen LogP) is 4.66. The van der Waals surface area contributed by atoms with Crippen LogP contribution in [0.2, 0.25) is 0 Å². The maximum absolute atomic E-state index is 12.2. The van der Waals surface area contributed by atoms with E-state index in [-0.39, 0.29) is 11.7 Å². The summed E-state index contributed by atoms with van der Waals surface area (Å²) < 4.78 is 0. The van der Waals surface area contributed by atoms with E-state index in [1.54, 1.807) is 0 Å². The third-order valence-electron chi connectivity index (χ3n) is 6.95. The highest BCUT2D eigenvalue weighted by Gasteiger charge is 2.20. The van der Waals surface area contributed by atoms with Gasteiger partial charge >= 0.3 is 0 Å². The molecule has 190 valence electrons. The van der Waals surface area contributed by atoms with Crippen LogP contribution in [0.5, 0.6) is 0 Å². The van der Waals surface area contributed by atoms with Crippen LogP contribution in [0.1, 0.15) is 47.4 Å². The second-order valence-electron chi connectivity index (χ2n) is 9.39. The molecule has 1 fully saturated rings. The lowest BCUT2D eigenvalue weighted by atomic mass is 10.0. The van der Waals surface area contributed by atoms with Crippen molar-refractivity contribution in [2.24, 2.45) is 0 Å². The summed E-state index contributed by atoms with van der Waals surface area (Å²) in [6, 6.07) is 16.3. The van der Waals surface area contributed by atoms with Gasteiger partial charge in [-0.3, -0.25) is 9.59 Å². The Balaban J connectivity index is 1.26. The molecule has 2 heterocycles. The minimum Gasteiger partial charge on any atom is -0.379 e. The van der Waals surface area contributed by atoms with Crippen molar-refractivity contribution in [2.75, 3.05) is 41.7 Å². The van der Waals surface area contributed by atoms with Crippen LogP contribution in [0.4, 0.5) is 22.9 Å². The molecule has 1 aliphatic heterocycles. The largest absolute Gasteiger partial charge is 0.379 e. The Morgan fingerprint density at radius 2 is 1.78 bits per heavy atom.